The first-order valence-electron chi connectivity index (χ1n) is 14.3. The van der Waals surface area contributed by atoms with Crippen molar-refractivity contribution >= 4 is 46.8 Å². The maximum atomic E-state index is 14.7. The highest BCUT2D eigenvalue weighted by Gasteiger charge is 2.76. The molecule has 1 aromatic carbocycles. The van der Waals surface area contributed by atoms with Gasteiger partial charge in [-0.3, -0.25) is 14.4 Å². The lowest BCUT2D eigenvalue weighted by Crippen LogP contribution is -2.57. The molecule has 2 amide bonds. The van der Waals surface area contributed by atoms with E-state index in [2.05, 4.69) is 20.1 Å². The Morgan fingerprint density at radius 3 is 2.70 bits per heavy atom. The first-order chi connectivity index (χ1) is 19.2. The second kappa shape index (κ2) is 13.1. The van der Waals surface area contributed by atoms with E-state index >= 15 is 0 Å². The van der Waals surface area contributed by atoms with E-state index in [1.807, 2.05) is 19.1 Å². The Labute approximate surface area is 246 Å². The van der Waals surface area contributed by atoms with Crippen LogP contribution in [0.3, 0.4) is 0 Å². The quantitative estimate of drug-likeness (QED) is 0.183. The number of allylic oxidation sites excluding steroid dienone is 1. The Morgan fingerprint density at radius 1 is 1.25 bits per heavy atom. The largest absolute Gasteiger partial charge is 0.465 e. The summed E-state index contributed by atoms with van der Waals surface area (Å²) in [5.41, 5.74) is 1.47. The van der Waals surface area contributed by atoms with Crippen LogP contribution in [0.2, 0.25) is 5.02 Å². The number of amides is 2. The number of rotatable bonds is 14. The van der Waals surface area contributed by atoms with Gasteiger partial charge in [-0.2, -0.15) is 0 Å². The fourth-order valence-corrected chi connectivity index (χ4v) is 9.64. The van der Waals surface area contributed by atoms with Crippen LogP contribution < -0.4 is 4.90 Å². The fourth-order valence-electron chi connectivity index (χ4n) is 6.91. The minimum atomic E-state index is -0.752. The van der Waals surface area contributed by atoms with Gasteiger partial charge in [0.25, 0.3) is 5.91 Å². The number of likely N-dealkylation sites (tertiary alicyclic amines) is 1. The SMILES string of the molecule is C=CCCCOC(=O)[C@@H]1[C@@H]2CC(C)C3(S2)C(C(=O)N(CC=C)c2c(C)cccc2Cl)N(CCCCCO)C(=O)[C@H]13. The Balaban J connectivity index is 1.74. The molecule has 0 aromatic heterocycles. The van der Waals surface area contributed by atoms with Crippen molar-refractivity contribution in [2.24, 2.45) is 17.8 Å². The van der Waals surface area contributed by atoms with Gasteiger partial charge in [-0.25, -0.2) is 0 Å². The zero-order chi connectivity index (χ0) is 29.0. The number of esters is 1. The number of ether oxygens (including phenoxy) is 1. The zero-order valence-corrected chi connectivity index (χ0v) is 25.1. The fraction of sp³-hybridized carbons (Fsp3) is 0.581. The number of halogens is 1. The summed E-state index contributed by atoms with van der Waals surface area (Å²) in [6.07, 6.45) is 7.66. The summed E-state index contributed by atoms with van der Waals surface area (Å²) in [7, 11) is 0. The van der Waals surface area contributed by atoms with Crippen molar-refractivity contribution in [3.05, 3.63) is 54.1 Å². The molecular formula is C31H41ClN2O5S. The van der Waals surface area contributed by atoms with E-state index in [9.17, 15) is 19.5 Å². The number of anilines is 1. The number of aryl methyl sites for hydroxylation is 1. The number of aliphatic hydroxyl groups is 1. The second-order valence-corrected chi connectivity index (χ2v) is 13.1. The molecule has 1 N–H and O–H groups in total. The van der Waals surface area contributed by atoms with Gasteiger partial charge < -0.3 is 19.6 Å². The summed E-state index contributed by atoms with van der Waals surface area (Å²) < 4.78 is 4.93. The summed E-state index contributed by atoms with van der Waals surface area (Å²) in [5.74, 6) is -1.84. The Kier molecular flexibility index (Phi) is 10.1. The van der Waals surface area contributed by atoms with Crippen LogP contribution in [-0.4, -0.2) is 70.1 Å². The molecule has 3 unspecified atom stereocenters. The van der Waals surface area contributed by atoms with Crippen LogP contribution in [0, 0.1) is 24.7 Å². The molecule has 7 nitrogen and oxygen atoms in total. The second-order valence-electron chi connectivity index (χ2n) is 11.1. The summed E-state index contributed by atoms with van der Waals surface area (Å²) in [5, 5.41) is 9.67. The highest BCUT2D eigenvalue weighted by atomic mass is 35.5. The number of hydrogen-bond donors (Lipinski definition) is 1. The molecular weight excluding hydrogens is 548 g/mol. The normalized spacial score (nSPS) is 28.4. The Hall–Kier alpha value is -2.29. The molecule has 3 aliphatic rings. The van der Waals surface area contributed by atoms with Crippen LogP contribution in [0.25, 0.3) is 0 Å². The molecule has 3 fully saturated rings. The van der Waals surface area contributed by atoms with Crippen molar-refractivity contribution in [2.45, 2.75) is 68.4 Å². The lowest BCUT2D eigenvalue weighted by Gasteiger charge is -2.40. The molecule has 4 rings (SSSR count). The number of nitrogens with zero attached hydrogens (tertiary/aromatic N) is 2. The van der Waals surface area contributed by atoms with Crippen LogP contribution >= 0.6 is 23.4 Å². The summed E-state index contributed by atoms with van der Waals surface area (Å²) in [4.78, 5) is 45.8. The third-order valence-electron chi connectivity index (χ3n) is 8.64. The number of para-hydroxylation sites is 1. The van der Waals surface area contributed by atoms with Crippen LogP contribution in [0.15, 0.2) is 43.5 Å². The molecule has 6 atom stereocenters. The van der Waals surface area contributed by atoms with E-state index in [-0.39, 0.29) is 48.7 Å². The van der Waals surface area contributed by atoms with Crippen molar-refractivity contribution in [1.29, 1.82) is 0 Å². The number of thioether (sulfide) groups is 1. The van der Waals surface area contributed by atoms with Crippen molar-refractivity contribution in [3.8, 4) is 0 Å². The summed E-state index contributed by atoms with van der Waals surface area (Å²) in [6.45, 7) is 12.6. The van der Waals surface area contributed by atoms with Crippen molar-refractivity contribution in [2.75, 3.05) is 31.2 Å². The van der Waals surface area contributed by atoms with E-state index in [0.717, 1.165) is 24.8 Å². The van der Waals surface area contributed by atoms with E-state index in [0.29, 0.717) is 36.5 Å². The topological polar surface area (TPSA) is 87.2 Å². The van der Waals surface area contributed by atoms with Gasteiger partial charge in [-0.05, 0) is 63.0 Å². The maximum Gasteiger partial charge on any atom is 0.310 e. The van der Waals surface area contributed by atoms with Crippen molar-refractivity contribution in [1.82, 2.24) is 4.90 Å². The highest BCUT2D eigenvalue weighted by Crippen LogP contribution is 2.69. The van der Waals surface area contributed by atoms with Gasteiger partial charge in [0.2, 0.25) is 5.91 Å². The number of carbonyl (C=O) groups is 3. The molecule has 1 aromatic rings. The highest BCUT2D eigenvalue weighted by molar-refractivity contribution is 8.02. The van der Waals surface area contributed by atoms with Gasteiger partial charge in [0.15, 0.2) is 0 Å². The number of hydrogen-bond acceptors (Lipinski definition) is 6. The maximum absolute atomic E-state index is 14.7. The molecule has 1 spiro atoms. The van der Waals surface area contributed by atoms with Gasteiger partial charge in [0.05, 0.1) is 33.9 Å². The summed E-state index contributed by atoms with van der Waals surface area (Å²) in [6, 6.07) is 4.77. The van der Waals surface area contributed by atoms with Crippen molar-refractivity contribution in [3.63, 3.8) is 0 Å². The van der Waals surface area contributed by atoms with Gasteiger partial charge in [-0.15, -0.1) is 24.9 Å². The molecule has 3 heterocycles. The van der Waals surface area contributed by atoms with E-state index in [1.165, 1.54) is 0 Å². The molecule has 0 aliphatic carbocycles. The average Bonchev–Trinajstić information content (AvgIpc) is 3.51. The molecule has 3 saturated heterocycles. The minimum Gasteiger partial charge on any atom is -0.465 e. The monoisotopic (exact) mass is 588 g/mol. The lowest BCUT2D eigenvalue weighted by molar-refractivity contribution is -0.154. The van der Waals surface area contributed by atoms with Gasteiger partial charge in [-0.1, -0.05) is 42.8 Å². The van der Waals surface area contributed by atoms with Gasteiger partial charge in [0, 0.05) is 24.9 Å². The van der Waals surface area contributed by atoms with E-state index in [1.54, 1.807) is 39.8 Å². The van der Waals surface area contributed by atoms with E-state index in [4.69, 9.17) is 16.3 Å². The minimum absolute atomic E-state index is 0.0515. The molecule has 2 bridgehead atoms. The predicted molar refractivity (Wildman–Crippen MR) is 160 cm³/mol. The van der Waals surface area contributed by atoms with Crippen LogP contribution in [0.1, 0.15) is 51.0 Å². The van der Waals surface area contributed by atoms with Crippen LogP contribution in [0.4, 0.5) is 5.69 Å². The molecule has 218 valence electrons. The molecule has 40 heavy (non-hydrogen) atoms. The number of unbranched alkanes of at least 4 members (excludes halogenated alkanes) is 3. The number of aliphatic hydroxyl groups excluding tert-OH is 1. The molecule has 9 heteroatoms. The number of carbonyl (C=O) groups excluding carboxylic acids is 3. The van der Waals surface area contributed by atoms with Gasteiger partial charge in [0.1, 0.15) is 6.04 Å². The standard InChI is InChI=1S/C31H41ClN2O5S/c1-5-7-11-18-39-30(38)24-23-19-21(4)31(40-23)25(24)28(36)34(16-9-8-10-17-35)27(31)29(37)33(15-6-2)26-20(3)13-12-14-22(26)32/h5-6,12-14,21,23-25,27,35H,1-2,7-11,15-19H2,3-4H3/t21?,23-,24+,25-,27?,31?/m0/s1. The van der Waals surface area contributed by atoms with Gasteiger partial charge >= 0.3 is 5.97 Å². The first-order valence-corrected chi connectivity index (χ1v) is 15.5. The molecule has 0 radical (unpaired) electrons. The van der Waals surface area contributed by atoms with Crippen LogP contribution in [-0.2, 0) is 19.1 Å². The summed E-state index contributed by atoms with van der Waals surface area (Å²) >= 11 is 8.28. The average molecular weight is 589 g/mol. The smallest absolute Gasteiger partial charge is 0.310 e. The number of benzene rings is 1. The first kappa shape index (κ1) is 30.7. The van der Waals surface area contributed by atoms with Crippen LogP contribution in [0.5, 0.6) is 0 Å². The van der Waals surface area contributed by atoms with Crippen molar-refractivity contribution < 1.29 is 24.2 Å². The Morgan fingerprint density at radius 2 is 2.02 bits per heavy atom. The Bertz CT molecular complexity index is 1120. The molecule has 3 aliphatic heterocycles. The lowest BCUT2D eigenvalue weighted by atomic mass is 9.66. The van der Waals surface area contributed by atoms with E-state index < -0.39 is 22.6 Å². The molecule has 0 saturated carbocycles. The third kappa shape index (κ3) is 5.35. The number of fused-ring (bicyclic) bond motifs is 1. The predicted octanol–water partition coefficient (Wildman–Crippen LogP) is 5.18. The zero-order valence-electron chi connectivity index (χ0n) is 23.5. The third-order valence-corrected chi connectivity index (χ3v) is 11.0.